The molecule has 0 bridgehead atoms. The van der Waals surface area contributed by atoms with Crippen molar-refractivity contribution in [2.24, 2.45) is 26.1 Å². The molecule has 6 nitrogen and oxygen atoms in total. The summed E-state index contributed by atoms with van der Waals surface area (Å²) in [5, 5.41) is 6.81. The van der Waals surface area contributed by atoms with Gasteiger partial charge in [0.1, 0.15) is 0 Å². The Morgan fingerprint density at radius 2 is 1.13 bits per heavy atom. The molecular formula is C32H35N5O. The zero-order valence-electron chi connectivity index (χ0n) is 22.7. The molecule has 3 aromatic carbocycles. The van der Waals surface area contributed by atoms with Gasteiger partial charge in [-0.1, -0.05) is 54.6 Å². The Kier molecular flexibility index (Phi) is 8.56. The van der Waals surface area contributed by atoms with Gasteiger partial charge in [0.05, 0.1) is 0 Å². The summed E-state index contributed by atoms with van der Waals surface area (Å²) < 4.78 is 6.24. The highest BCUT2D eigenvalue weighted by Crippen LogP contribution is 2.20. The quantitative estimate of drug-likeness (QED) is 0.232. The van der Waals surface area contributed by atoms with Crippen LogP contribution in [0.1, 0.15) is 21.5 Å². The molecule has 0 amide bonds. The first-order valence-electron chi connectivity index (χ1n) is 12.6. The van der Waals surface area contributed by atoms with Crippen molar-refractivity contribution in [3.05, 3.63) is 108 Å². The lowest BCUT2D eigenvalue weighted by Crippen LogP contribution is -2.04. The maximum Gasteiger partial charge on any atom is 0.152 e. The lowest BCUT2D eigenvalue weighted by molar-refractivity contribution is 0.112. The third-order valence-electron chi connectivity index (χ3n) is 6.60. The summed E-state index contributed by atoms with van der Waals surface area (Å²) in [7, 11) is 9.84. The average Bonchev–Trinajstić information content (AvgIpc) is 3.57. The molecule has 1 N–H and O–H groups in total. The van der Waals surface area contributed by atoms with Crippen LogP contribution in [0.3, 0.4) is 0 Å². The maximum absolute atomic E-state index is 10.6. The molecule has 3 aromatic heterocycles. The van der Waals surface area contributed by atoms with Gasteiger partial charge in [-0.25, -0.2) is 0 Å². The SMILES string of the molecule is CN=Cc1cn(C)c2ccccc12.CNCc1cn(C)c2ccccc12.Cn1cc(C=O)c2ccccc21. The highest BCUT2D eigenvalue weighted by Gasteiger charge is 2.04. The molecule has 6 aromatic rings. The predicted molar refractivity (Wildman–Crippen MR) is 160 cm³/mol. The number of aldehydes is 1. The molecule has 0 spiro atoms. The third kappa shape index (κ3) is 5.61. The van der Waals surface area contributed by atoms with Gasteiger partial charge in [0.25, 0.3) is 0 Å². The Bertz CT molecular complexity index is 1700. The number of carbonyl (C=O) groups is 1. The van der Waals surface area contributed by atoms with E-state index < -0.39 is 0 Å². The van der Waals surface area contributed by atoms with Crippen molar-refractivity contribution in [2.75, 3.05) is 14.1 Å². The van der Waals surface area contributed by atoms with E-state index in [1.807, 2.05) is 55.3 Å². The molecule has 0 fully saturated rings. The Morgan fingerprint density at radius 1 is 0.684 bits per heavy atom. The highest BCUT2D eigenvalue weighted by atomic mass is 16.1. The van der Waals surface area contributed by atoms with E-state index >= 15 is 0 Å². The van der Waals surface area contributed by atoms with Crippen LogP contribution in [0.2, 0.25) is 0 Å². The third-order valence-corrected chi connectivity index (χ3v) is 6.60. The van der Waals surface area contributed by atoms with E-state index in [1.54, 1.807) is 7.05 Å². The largest absolute Gasteiger partial charge is 0.350 e. The van der Waals surface area contributed by atoms with Crippen molar-refractivity contribution < 1.29 is 4.79 Å². The van der Waals surface area contributed by atoms with Crippen LogP contribution in [-0.2, 0) is 27.7 Å². The van der Waals surface area contributed by atoms with Crippen molar-refractivity contribution in [1.82, 2.24) is 19.0 Å². The van der Waals surface area contributed by atoms with E-state index in [0.717, 1.165) is 29.3 Å². The molecule has 6 heteroatoms. The van der Waals surface area contributed by atoms with Crippen molar-refractivity contribution in [3.8, 4) is 0 Å². The molecule has 194 valence electrons. The van der Waals surface area contributed by atoms with Crippen LogP contribution in [-0.4, -0.2) is 40.3 Å². The molecule has 38 heavy (non-hydrogen) atoms. The second-order valence-electron chi connectivity index (χ2n) is 9.24. The fourth-order valence-corrected chi connectivity index (χ4v) is 4.84. The van der Waals surface area contributed by atoms with Gasteiger partial charge in [0, 0.05) is 103 Å². The van der Waals surface area contributed by atoms with E-state index in [0.29, 0.717) is 0 Å². The van der Waals surface area contributed by atoms with Gasteiger partial charge in [0.15, 0.2) is 6.29 Å². The lowest BCUT2D eigenvalue weighted by atomic mass is 10.2. The minimum Gasteiger partial charge on any atom is -0.350 e. The smallest absolute Gasteiger partial charge is 0.152 e. The van der Waals surface area contributed by atoms with Crippen molar-refractivity contribution in [3.63, 3.8) is 0 Å². The number of rotatable bonds is 4. The van der Waals surface area contributed by atoms with Gasteiger partial charge in [-0.3, -0.25) is 9.79 Å². The number of aryl methyl sites for hydroxylation is 3. The number of benzene rings is 3. The van der Waals surface area contributed by atoms with Gasteiger partial charge in [0.2, 0.25) is 0 Å². The summed E-state index contributed by atoms with van der Waals surface area (Å²) in [6.07, 6.45) is 8.90. The molecule has 0 saturated carbocycles. The fraction of sp³-hybridized carbons (Fsp3) is 0.188. The Balaban J connectivity index is 0.000000133. The molecule has 0 saturated heterocycles. The van der Waals surface area contributed by atoms with Crippen LogP contribution >= 0.6 is 0 Å². The maximum atomic E-state index is 10.6. The first-order valence-corrected chi connectivity index (χ1v) is 12.6. The second-order valence-corrected chi connectivity index (χ2v) is 9.24. The normalized spacial score (nSPS) is 11.0. The molecular weight excluding hydrogens is 470 g/mol. The minimum atomic E-state index is 0.758. The number of hydrogen-bond acceptors (Lipinski definition) is 3. The summed E-state index contributed by atoms with van der Waals surface area (Å²) in [5.74, 6) is 0. The number of carbonyl (C=O) groups excluding carboxylic acids is 1. The van der Waals surface area contributed by atoms with E-state index in [9.17, 15) is 4.79 Å². The van der Waals surface area contributed by atoms with Gasteiger partial charge in [-0.15, -0.1) is 0 Å². The average molecular weight is 506 g/mol. The number of para-hydroxylation sites is 3. The standard InChI is InChI=1S/C11H14N2.C11H12N2.C10H9NO/c2*1-12-7-9-8-13(2)11-6-4-3-5-10(9)11;1-11-6-8(7-12)9-4-2-3-5-10(9)11/h3-6,8,12H,7H2,1-2H3;3-8H,1-2H3;2-7H,1H3. The van der Waals surface area contributed by atoms with Crippen LogP contribution in [0, 0.1) is 0 Å². The van der Waals surface area contributed by atoms with Crippen LogP contribution < -0.4 is 5.32 Å². The van der Waals surface area contributed by atoms with Gasteiger partial charge >= 0.3 is 0 Å². The Hall–Kier alpha value is -4.42. The predicted octanol–water partition coefficient (Wildman–Crippen LogP) is 6.12. The molecule has 6 rings (SSSR count). The number of nitrogens with one attached hydrogen (secondary N) is 1. The monoisotopic (exact) mass is 505 g/mol. The molecule has 0 aliphatic heterocycles. The number of aliphatic imine (C=N–C) groups is 1. The highest BCUT2D eigenvalue weighted by molar-refractivity contribution is 5.99. The van der Waals surface area contributed by atoms with Gasteiger partial charge in [-0.2, -0.15) is 0 Å². The topological polar surface area (TPSA) is 56.2 Å². The number of hydrogen-bond donors (Lipinski definition) is 1. The first-order chi connectivity index (χ1) is 18.5. The Morgan fingerprint density at radius 3 is 1.66 bits per heavy atom. The lowest BCUT2D eigenvalue weighted by Gasteiger charge is -1.95. The molecule has 0 aliphatic carbocycles. The van der Waals surface area contributed by atoms with Crippen LogP contribution in [0.5, 0.6) is 0 Å². The van der Waals surface area contributed by atoms with Crippen molar-refractivity contribution in [2.45, 2.75) is 6.54 Å². The van der Waals surface area contributed by atoms with E-state index in [-0.39, 0.29) is 0 Å². The molecule has 0 atom stereocenters. The molecule has 0 radical (unpaired) electrons. The number of nitrogens with zero attached hydrogens (tertiary/aromatic N) is 4. The van der Waals surface area contributed by atoms with E-state index in [2.05, 4.69) is 94.5 Å². The second kappa shape index (κ2) is 12.2. The first kappa shape index (κ1) is 26.6. The van der Waals surface area contributed by atoms with Crippen molar-refractivity contribution >= 4 is 45.2 Å². The van der Waals surface area contributed by atoms with Crippen LogP contribution in [0.4, 0.5) is 0 Å². The molecule has 0 unspecified atom stereocenters. The molecule has 0 aliphatic rings. The summed E-state index contributed by atoms with van der Waals surface area (Å²) >= 11 is 0. The zero-order valence-corrected chi connectivity index (χ0v) is 22.7. The van der Waals surface area contributed by atoms with Crippen molar-refractivity contribution in [1.29, 1.82) is 0 Å². The van der Waals surface area contributed by atoms with Gasteiger partial charge in [-0.05, 0) is 30.8 Å². The summed E-state index contributed by atoms with van der Waals surface area (Å²) in [6.45, 7) is 0.932. The van der Waals surface area contributed by atoms with Gasteiger partial charge < -0.3 is 19.0 Å². The number of fused-ring (bicyclic) bond motifs is 3. The zero-order chi connectivity index (χ0) is 27.1. The summed E-state index contributed by atoms with van der Waals surface area (Å²) in [5.41, 5.74) is 6.94. The number of aromatic nitrogens is 3. The Labute approximate surface area is 223 Å². The van der Waals surface area contributed by atoms with E-state index in [1.165, 1.54) is 32.9 Å². The van der Waals surface area contributed by atoms with Crippen LogP contribution in [0.25, 0.3) is 32.7 Å². The summed E-state index contributed by atoms with van der Waals surface area (Å²) in [4.78, 5) is 14.7. The van der Waals surface area contributed by atoms with Crippen LogP contribution in [0.15, 0.2) is 96.4 Å². The van der Waals surface area contributed by atoms with E-state index in [4.69, 9.17) is 0 Å². The molecule has 3 heterocycles. The minimum absolute atomic E-state index is 0.758. The summed E-state index contributed by atoms with van der Waals surface area (Å²) in [6, 6.07) is 24.7. The fourth-order valence-electron chi connectivity index (χ4n) is 4.84.